The van der Waals surface area contributed by atoms with Gasteiger partial charge < -0.3 is 5.32 Å². The maximum absolute atomic E-state index is 13.1. The summed E-state index contributed by atoms with van der Waals surface area (Å²) in [6, 6.07) is 3.45. The van der Waals surface area contributed by atoms with Crippen LogP contribution in [0, 0.1) is 0 Å². The smallest absolute Gasteiger partial charge is 0.295 e. The third-order valence-electron chi connectivity index (χ3n) is 3.61. The van der Waals surface area contributed by atoms with Gasteiger partial charge in [0.05, 0.1) is 29.9 Å². The Morgan fingerprint density at radius 1 is 1.07 bits per heavy atom. The summed E-state index contributed by atoms with van der Waals surface area (Å²) in [4.78, 5) is 17.0. The first-order valence-electron chi connectivity index (χ1n) is 8.19. The van der Waals surface area contributed by atoms with Gasteiger partial charge in [0.25, 0.3) is 5.56 Å². The molecule has 0 saturated heterocycles. The molecule has 1 N–H and O–H groups in total. The lowest BCUT2D eigenvalue weighted by Crippen LogP contribution is -2.44. The van der Waals surface area contributed by atoms with Gasteiger partial charge in [0.15, 0.2) is 5.69 Å². The highest BCUT2D eigenvalue weighted by Gasteiger charge is 2.34. The summed E-state index contributed by atoms with van der Waals surface area (Å²) in [5.74, 6) is 0. The van der Waals surface area contributed by atoms with Crippen molar-refractivity contribution in [3.8, 4) is 0 Å². The van der Waals surface area contributed by atoms with Crippen molar-refractivity contribution in [2.45, 2.75) is 32.9 Å². The van der Waals surface area contributed by atoms with Crippen LogP contribution in [0.4, 0.5) is 11.4 Å². The molecule has 0 amide bonds. The molecule has 12 heteroatoms. The van der Waals surface area contributed by atoms with Gasteiger partial charge >= 0.3 is 0 Å². The lowest BCUT2D eigenvalue weighted by molar-refractivity contribution is 0.339. The van der Waals surface area contributed by atoms with Crippen molar-refractivity contribution >= 4 is 31.4 Å². The van der Waals surface area contributed by atoms with Crippen LogP contribution in [0.25, 0.3) is 0 Å². The monoisotopic (exact) mass is 429 g/mol. The Hall–Kier alpha value is -2.47. The molecule has 0 aliphatic heterocycles. The number of hydrogen-bond donors (Lipinski definition) is 1. The second-order valence-electron chi connectivity index (χ2n) is 7.23. The molecule has 28 heavy (non-hydrogen) atoms. The van der Waals surface area contributed by atoms with Crippen LogP contribution in [-0.4, -0.2) is 44.1 Å². The van der Waals surface area contributed by atoms with Crippen LogP contribution in [0.15, 0.2) is 35.5 Å². The molecule has 0 aliphatic carbocycles. The standard InChI is InChI=1S/C16H23N5O5S2/c1-16(2,3)20-15(22)14(21(27(4,23)24)28(5,25)26)13(11-19-20)18-10-12-6-8-17-9-7-12/h6-9,11,18H,10H2,1-5H3. The third kappa shape index (κ3) is 4.87. The summed E-state index contributed by atoms with van der Waals surface area (Å²) in [7, 11) is -8.62. The second-order valence-corrected chi connectivity index (χ2v) is 11.1. The van der Waals surface area contributed by atoms with Gasteiger partial charge in [-0.25, -0.2) is 21.5 Å². The molecule has 0 unspecified atom stereocenters. The number of hydrogen-bond acceptors (Lipinski definition) is 8. The minimum atomic E-state index is -4.31. The minimum absolute atomic E-state index is 0.0156. The Morgan fingerprint density at radius 3 is 2.07 bits per heavy atom. The van der Waals surface area contributed by atoms with Crippen LogP contribution in [0.5, 0.6) is 0 Å². The quantitative estimate of drug-likeness (QED) is 0.711. The van der Waals surface area contributed by atoms with Crippen molar-refractivity contribution in [3.63, 3.8) is 0 Å². The van der Waals surface area contributed by atoms with Crippen LogP contribution < -0.4 is 14.6 Å². The van der Waals surface area contributed by atoms with Gasteiger partial charge in [0.2, 0.25) is 20.0 Å². The molecule has 0 radical (unpaired) electrons. The van der Waals surface area contributed by atoms with E-state index < -0.39 is 36.8 Å². The van der Waals surface area contributed by atoms with E-state index in [1.165, 1.54) is 6.20 Å². The van der Waals surface area contributed by atoms with E-state index in [1.54, 1.807) is 45.3 Å². The van der Waals surface area contributed by atoms with Crippen molar-refractivity contribution in [2.24, 2.45) is 0 Å². The van der Waals surface area contributed by atoms with E-state index in [2.05, 4.69) is 15.4 Å². The van der Waals surface area contributed by atoms with E-state index in [0.29, 0.717) is 0 Å². The average Bonchev–Trinajstić information content (AvgIpc) is 2.52. The molecule has 0 spiro atoms. The van der Waals surface area contributed by atoms with Crippen LogP contribution in [0.2, 0.25) is 0 Å². The number of nitrogens with one attached hydrogen (secondary N) is 1. The lowest BCUT2D eigenvalue weighted by atomic mass is 10.1. The predicted molar refractivity (Wildman–Crippen MR) is 107 cm³/mol. The highest BCUT2D eigenvalue weighted by atomic mass is 32.3. The number of pyridine rings is 1. The molecule has 2 rings (SSSR count). The largest absolute Gasteiger partial charge is 0.378 e. The molecule has 0 atom stereocenters. The molecule has 10 nitrogen and oxygen atoms in total. The average molecular weight is 430 g/mol. The van der Waals surface area contributed by atoms with Crippen LogP contribution in [0.1, 0.15) is 26.3 Å². The molecule has 2 heterocycles. The molecular formula is C16H23N5O5S2. The molecular weight excluding hydrogens is 406 g/mol. The van der Waals surface area contributed by atoms with Crippen molar-refractivity contribution < 1.29 is 16.8 Å². The van der Waals surface area contributed by atoms with E-state index in [9.17, 15) is 21.6 Å². The minimum Gasteiger partial charge on any atom is -0.378 e. The lowest BCUT2D eigenvalue weighted by Gasteiger charge is -2.26. The predicted octanol–water partition coefficient (Wildman–Crippen LogP) is 0.731. The highest BCUT2D eigenvalue weighted by molar-refractivity contribution is 8.09. The number of rotatable bonds is 6. The van der Waals surface area contributed by atoms with E-state index in [4.69, 9.17) is 0 Å². The van der Waals surface area contributed by atoms with Gasteiger partial charge in [-0.15, -0.1) is 0 Å². The van der Waals surface area contributed by atoms with Gasteiger partial charge in [-0.05, 0) is 38.5 Å². The van der Waals surface area contributed by atoms with E-state index in [-0.39, 0.29) is 15.9 Å². The number of sulfonamides is 2. The Labute approximate surface area is 164 Å². The normalized spacial score (nSPS) is 12.6. The summed E-state index contributed by atoms with van der Waals surface area (Å²) in [5.41, 5.74) is -1.38. The summed E-state index contributed by atoms with van der Waals surface area (Å²) in [6.07, 6.45) is 5.84. The Kier molecular flexibility index (Phi) is 5.85. The Bertz CT molecular complexity index is 1090. The molecule has 0 saturated carbocycles. The fraction of sp³-hybridized carbons (Fsp3) is 0.438. The molecule has 2 aromatic heterocycles. The van der Waals surface area contributed by atoms with Gasteiger partial charge in [-0.1, -0.05) is 0 Å². The maximum Gasteiger partial charge on any atom is 0.295 e. The first-order chi connectivity index (χ1) is 12.7. The number of nitrogens with zero attached hydrogens (tertiary/aromatic N) is 4. The fourth-order valence-electron chi connectivity index (χ4n) is 2.50. The van der Waals surface area contributed by atoms with Crippen LogP contribution in [-0.2, 0) is 32.1 Å². The first kappa shape index (κ1) is 21.8. The zero-order valence-electron chi connectivity index (χ0n) is 16.2. The number of aromatic nitrogens is 3. The van der Waals surface area contributed by atoms with Crippen LogP contribution in [0.3, 0.4) is 0 Å². The summed E-state index contributed by atoms with van der Waals surface area (Å²) < 4.78 is 50.2. The molecule has 0 aliphatic rings. The second kappa shape index (κ2) is 7.51. The Morgan fingerprint density at radius 2 is 1.61 bits per heavy atom. The highest BCUT2D eigenvalue weighted by Crippen LogP contribution is 2.27. The number of anilines is 2. The summed E-state index contributed by atoms with van der Waals surface area (Å²) >= 11 is 0. The zero-order chi connectivity index (χ0) is 21.3. The first-order valence-corrected chi connectivity index (χ1v) is 11.9. The maximum atomic E-state index is 13.1. The van der Waals surface area contributed by atoms with E-state index >= 15 is 0 Å². The Balaban J connectivity index is 2.72. The van der Waals surface area contributed by atoms with Crippen LogP contribution >= 0.6 is 0 Å². The topological polar surface area (TPSA) is 131 Å². The summed E-state index contributed by atoms with van der Waals surface area (Å²) in [5, 5.41) is 6.98. The zero-order valence-corrected chi connectivity index (χ0v) is 17.9. The summed E-state index contributed by atoms with van der Waals surface area (Å²) in [6.45, 7) is 5.29. The molecule has 0 bridgehead atoms. The molecule has 154 valence electrons. The molecule has 0 fully saturated rings. The SMILES string of the molecule is CC(C)(C)n1ncc(NCc2ccncc2)c(N(S(C)(=O)=O)S(C)(=O)=O)c1=O. The van der Waals surface area contributed by atoms with Gasteiger partial charge in [0.1, 0.15) is 0 Å². The van der Waals surface area contributed by atoms with Gasteiger partial charge in [-0.2, -0.15) is 8.81 Å². The molecule has 2 aromatic rings. The fourth-order valence-corrected chi connectivity index (χ4v) is 5.49. The van der Waals surface area contributed by atoms with Crippen molar-refractivity contribution in [1.29, 1.82) is 0 Å². The van der Waals surface area contributed by atoms with Crippen molar-refractivity contribution in [3.05, 3.63) is 46.6 Å². The van der Waals surface area contributed by atoms with Gasteiger partial charge in [0, 0.05) is 18.9 Å². The van der Waals surface area contributed by atoms with Crippen molar-refractivity contribution in [2.75, 3.05) is 21.5 Å². The van der Waals surface area contributed by atoms with E-state index in [1.807, 2.05) is 0 Å². The molecule has 0 aromatic carbocycles. The van der Waals surface area contributed by atoms with E-state index in [0.717, 1.165) is 22.8 Å². The van der Waals surface area contributed by atoms with Gasteiger partial charge in [-0.3, -0.25) is 9.78 Å². The third-order valence-corrected chi connectivity index (χ3v) is 6.80. The van der Waals surface area contributed by atoms with Crippen molar-refractivity contribution in [1.82, 2.24) is 14.8 Å².